The molecule has 0 amide bonds. The molecule has 0 atom stereocenters. The van der Waals surface area contributed by atoms with Crippen molar-refractivity contribution in [3.63, 3.8) is 0 Å². The number of alkyl halides is 3. The van der Waals surface area contributed by atoms with Gasteiger partial charge in [-0.1, -0.05) is 23.4 Å². The second-order valence-electron chi connectivity index (χ2n) is 3.81. The van der Waals surface area contributed by atoms with E-state index in [2.05, 4.69) is 14.4 Å². The fraction of sp³-hybridized carbons (Fsp3) is 0.167. The number of benzene rings is 1. The minimum Gasteiger partial charge on any atom is -0.465 e. The number of anilines is 1. The van der Waals surface area contributed by atoms with Crippen LogP contribution < -0.4 is 5.73 Å². The lowest BCUT2D eigenvalue weighted by molar-refractivity contribution is -0.137. The Morgan fingerprint density at radius 1 is 1.35 bits per heavy atom. The largest absolute Gasteiger partial charge is 0.465 e. The molecule has 0 spiro atoms. The van der Waals surface area contributed by atoms with Crippen molar-refractivity contribution in [2.45, 2.75) is 6.18 Å². The summed E-state index contributed by atoms with van der Waals surface area (Å²) in [6.07, 6.45) is -4.60. The van der Waals surface area contributed by atoms with E-state index in [4.69, 9.17) is 5.73 Å². The highest BCUT2D eigenvalue weighted by Crippen LogP contribution is 2.38. The number of carbonyl (C=O) groups is 1. The Bertz CT molecular complexity index is 650. The van der Waals surface area contributed by atoms with Crippen LogP contribution in [0, 0.1) is 0 Å². The fourth-order valence-electron chi connectivity index (χ4n) is 1.72. The fourth-order valence-corrected chi connectivity index (χ4v) is 1.72. The van der Waals surface area contributed by atoms with Crippen molar-refractivity contribution >= 4 is 11.9 Å². The molecule has 1 aromatic heterocycles. The number of halogens is 3. The van der Waals surface area contributed by atoms with Gasteiger partial charge < -0.3 is 15.0 Å². The molecule has 0 aliphatic heterocycles. The van der Waals surface area contributed by atoms with E-state index in [9.17, 15) is 18.0 Å². The Labute approximate surface area is 111 Å². The molecule has 1 aromatic carbocycles. The molecule has 0 fully saturated rings. The van der Waals surface area contributed by atoms with E-state index in [1.165, 1.54) is 18.2 Å². The van der Waals surface area contributed by atoms with Gasteiger partial charge in [0.2, 0.25) is 5.88 Å². The molecule has 0 saturated heterocycles. The first-order valence-electron chi connectivity index (χ1n) is 5.36. The molecule has 2 aromatic rings. The van der Waals surface area contributed by atoms with Gasteiger partial charge in [0, 0.05) is 5.56 Å². The summed E-state index contributed by atoms with van der Waals surface area (Å²) in [7, 11) is 1.08. The molecule has 0 saturated carbocycles. The van der Waals surface area contributed by atoms with Crippen molar-refractivity contribution in [1.82, 2.24) is 5.16 Å². The lowest BCUT2D eigenvalue weighted by Crippen LogP contribution is -2.09. The number of methoxy groups -OCH3 is 1. The van der Waals surface area contributed by atoms with Crippen molar-refractivity contribution in [2.75, 3.05) is 12.8 Å². The summed E-state index contributed by atoms with van der Waals surface area (Å²) in [6, 6.07) is 4.66. The van der Waals surface area contributed by atoms with Crippen LogP contribution in [0.25, 0.3) is 11.3 Å². The number of nitrogens with two attached hydrogens (primary N) is 1. The van der Waals surface area contributed by atoms with Gasteiger partial charge in [-0.15, -0.1) is 0 Å². The van der Waals surface area contributed by atoms with Crippen LogP contribution in [0.3, 0.4) is 0 Å². The zero-order chi connectivity index (χ0) is 14.9. The van der Waals surface area contributed by atoms with Crippen LogP contribution in [-0.4, -0.2) is 18.2 Å². The van der Waals surface area contributed by atoms with Crippen molar-refractivity contribution in [2.24, 2.45) is 0 Å². The summed E-state index contributed by atoms with van der Waals surface area (Å²) >= 11 is 0. The second kappa shape index (κ2) is 4.87. The second-order valence-corrected chi connectivity index (χ2v) is 3.81. The van der Waals surface area contributed by atoms with Gasteiger partial charge in [-0.3, -0.25) is 0 Å². The van der Waals surface area contributed by atoms with E-state index in [1.54, 1.807) is 0 Å². The van der Waals surface area contributed by atoms with Gasteiger partial charge in [0.1, 0.15) is 5.69 Å². The number of aromatic nitrogens is 1. The van der Waals surface area contributed by atoms with Gasteiger partial charge in [0.25, 0.3) is 0 Å². The Morgan fingerprint density at radius 3 is 2.60 bits per heavy atom. The number of carbonyl (C=O) groups excluding carboxylic acids is 1. The zero-order valence-electron chi connectivity index (χ0n) is 10.2. The molecule has 0 bridgehead atoms. The number of hydrogen-bond acceptors (Lipinski definition) is 5. The van der Waals surface area contributed by atoms with E-state index in [-0.39, 0.29) is 16.8 Å². The molecular weight excluding hydrogens is 277 g/mol. The summed E-state index contributed by atoms with van der Waals surface area (Å²) in [5, 5.41) is 3.43. The molecule has 8 heteroatoms. The Hall–Kier alpha value is -2.51. The quantitative estimate of drug-likeness (QED) is 0.859. The van der Waals surface area contributed by atoms with E-state index in [0.717, 1.165) is 13.2 Å². The number of rotatable bonds is 2. The van der Waals surface area contributed by atoms with Crippen molar-refractivity contribution < 1.29 is 27.2 Å². The molecule has 0 aliphatic rings. The van der Waals surface area contributed by atoms with E-state index < -0.39 is 23.6 Å². The lowest BCUT2D eigenvalue weighted by Gasteiger charge is -2.11. The minimum absolute atomic E-state index is 0.303. The molecular formula is C12H9F3N2O3. The molecule has 2 N–H and O–H groups in total. The van der Waals surface area contributed by atoms with E-state index in [1.807, 2.05) is 0 Å². The molecule has 2 rings (SSSR count). The molecule has 5 nitrogen and oxygen atoms in total. The maximum atomic E-state index is 12.9. The molecule has 0 aliphatic carbocycles. The van der Waals surface area contributed by atoms with Crippen LogP contribution in [-0.2, 0) is 10.9 Å². The van der Waals surface area contributed by atoms with Gasteiger partial charge in [-0.25, -0.2) is 4.79 Å². The maximum absolute atomic E-state index is 12.9. The number of nitrogen functional groups attached to an aromatic ring is 1. The van der Waals surface area contributed by atoms with Gasteiger partial charge in [0.15, 0.2) is 5.56 Å². The summed E-state index contributed by atoms with van der Waals surface area (Å²) in [4.78, 5) is 11.6. The number of esters is 1. The zero-order valence-corrected chi connectivity index (χ0v) is 10.2. The normalized spacial score (nSPS) is 11.4. The van der Waals surface area contributed by atoms with Gasteiger partial charge >= 0.3 is 12.1 Å². The first kappa shape index (κ1) is 13.9. The third-order valence-electron chi connectivity index (χ3n) is 2.60. The summed E-state index contributed by atoms with van der Waals surface area (Å²) in [6.45, 7) is 0. The monoisotopic (exact) mass is 286 g/mol. The number of nitrogens with zero attached hydrogens (tertiary/aromatic N) is 1. The van der Waals surface area contributed by atoms with Gasteiger partial charge in [0.05, 0.1) is 12.7 Å². The van der Waals surface area contributed by atoms with Crippen LogP contribution in [0.5, 0.6) is 0 Å². The molecule has 0 unspecified atom stereocenters. The molecule has 0 radical (unpaired) electrons. The van der Waals surface area contributed by atoms with Crippen molar-refractivity contribution in [3.05, 3.63) is 35.4 Å². The van der Waals surface area contributed by atoms with Crippen LogP contribution in [0.4, 0.5) is 19.1 Å². The van der Waals surface area contributed by atoms with Crippen molar-refractivity contribution in [3.8, 4) is 11.3 Å². The van der Waals surface area contributed by atoms with Crippen molar-refractivity contribution in [1.29, 1.82) is 0 Å². The number of ether oxygens (including phenoxy) is 1. The first-order chi connectivity index (χ1) is 9.36. The third-order valence-corrected chi connectivity index (χ3v) is 2.60. The standard InChI is InChI=1S/C12H9F3N2O3/c1-19-11(18)8-9(17-20-10(8)16)6-4-2-3-5-7(6)12(13,14)15/h2-5H,16H2,1H3. The third kappa shape index (κ3) is 2.31. The van der Waals surface area contributed by atoms with Crippen LogP contribution in [0.15, 0.2) is 28.8 Å². The SMILES string of the molecule is COC(=O)c1c(-c2ccccc2C(F)(F)F)noc1N. The highest BCUT2D eigenvalue weighted by Gasteiger charge is 2.36. The average Bonchev–Trinajstić information content (AvgIpc) is 2.78. The summed E-state index contributed by atoms with van der Waals surface area (Å²) in [5.41, 5.74) is 3.52. The number of hydrogen-bond donors (Lipinski definition) is 1. The predicted molar refractivity (Wildman–Crippen MR) is 62.7 cm³/mol. The molecule has 106 valence electrons. The Morgan fingerprint density at radius 2 is 2.00 bits per heavy atom. The highest BCUT2D eigenvalue weighted by atomic mass is 19.4. The maximum Gasteiger partial charge on any atom is 0.417 e. The average molecular weight is 286 g/mol. The van der Waals surface area contributed by atoms with Crippen LogP contribution in [0.1, 0.15) is 15.9 Å². The smallest absolute Gasteiger partial charge is 0.417 e. The summed E-state index contributed by atoms with van der Waals surface area (Å²) in [5.74, 6) is -1.32. The van der Waals surface area contributed by atoms with Crippen LogP contribution >= 0.6 is 0 Å². The van der Waals surface area contributed by atoms with Gasteiger partial charge in [-0.05, 0) is 6.07 Å². The molecule has 1 heterocycles. The highest BCUT2D eigenvalue weighted by molar-refractivity contribution is 6.00. The molecule has 20 heavy (non-hydrogen) atoms. The predicted octanol–water partition coefficient (Wildman–Crippen LogP) is 2.73. The first-order valence-corrected chi connectivity index (χ1v) is 5.36. The minimum atomic E-state index is -4.60. The topological polar surface area (TPSA) is 78.3 Å². The summed E-state index contributed by atoms with van der Waals surface area (Å²) < 4.78 is 47.9. The Balaban J connectivity index is 2.68. The van der Waals surface area contributed by atoms with Gasteiger partial charge in [-0.2, -0.15) is 13.2 Å². The lowest BCUT2D eigenvalue weighted by atomic mass is 10.0. The Kier molecular flexibility index (Phi) is 3.39. The van der Waals surface area contributed by atoms with Crippen LogP contribution in [0.2, 0.25) is 0 Å². The van der Waals surface area contributed by atoms with E-state index >= 15 is 0 Å². The van der Waals surface area contributed by atoms with E-state index in [0.29, 0.717) is 0 Å².